The number of nitrogens with one attached hydrogen (secondary N) is 1. The number of nitrogens with zero attached hydrogens (tertiary/aromatic N) is 1. The standard InChI is InChI=1S/C12H12N2O2/c1-2-11(15)13-8-7-12-14-9-5-3-4-6-10(9)16-12/h2-6H,1,7-8H2,(H,13,15). The minimum atomic E-state index is -0.184. The van der Waals surface area contributed by atoms with Gasteiger partial charge in [0.15, 0.2) is 11.5 Å². The van der Waals surface area contributed by atoms with Crippen molar-refractivity contribution in [3.63, 3.8) is 0 Å². The Labute approximate surface area is 93.0 Å². The molecule has 0 aliphatic carbocycles. The highest BCUT2D eigenvalue weighted by molar-refractivity contribution is 5.86. The summed E-state index contributed by atoms with van der Waals surface area (Å²) in [6, 6.07) is 7.57. The minimum absolute atomic E-state index is 0.184. The zero-order valence-electron chi connectivity index (χ0n) is 8.77. The third-order valence-electron chi connectivity index (χ3n) is 2.16. The monoisotopic (exact) mass is 216 g/mol. The lowest BCUT2D eigenvalue weighted by atomic mass is 10.3. The molecule has 0 saturated carbocycles. The lowest BCUT2D eigenvalue weighted by Gasteiger charge is -1.97. The van der Waals surface area contributed by atoms with Crippen molar-refractivity contribution >= 4 is 17.0 Å². The van der Waals surface area contributed by atoms with Crippen molar-refractivity contribution in [3.8, 4) is 0 Å². The van der Waals surface area contributed by atoms with E-state index in [0.29, 0.717) is 18.9 Å². The smallest absolute Gasteiger partial charge is 0.243 e. The second-order valence-corrected chi connectivity index (χ2v) is 3.32. The molecule has 1 aromatic carbocycles. The fourth-order valence-electron chi connectivity index (χ4n) is 1.39. The highest BCUT2D eigenvalue weighted by Gasteiger charge is 2.04. The van der Waals surface area contributed by atoms with Gasteiger partial charge in [-0.2, -0.15) is 0 Å². The average Bonchev–Trinajstić information content (AvgIpc) is 2.71. The summed E-state index contributed by atoms with van der Waals surface area (Å²) < 4.78 is 5.50. The molecule has 4 heteroatoms. The van der Waals surface area contributed by atoms with Gasteiger partial charge in [0.1, 0.15) is 5.52 Å². The molecule has 0 bridgehead atoms. The van der Waals surface area contributed by atoms with Crippen molar-refractivity contribution in [1.29, 1.82) is 0 Å². The molecular weight excluding hydrogens is 204 g/mol. The maximum atomic E-state index is 10.9. The summed E-state index contributed by atoms with van der Waals surface area (Å²) in [4.78, 5) is 15.2. The molecule has 0 saturated heterocycles. The topological polar surface area (TPSA) is 55.1 Å². The van der Waals surface area contributed by atoms with E-state index in [9.17, 15) is 4.79 Å². The van der Waals surface area contributed by atoms with Crippen LogP contribution in [0.3, 0.4) is 0 Å². The molecule has 2 aromatic rings. The Morgan fingerprint density at radius 2 is 2.31 bits per heavy atom. The van der Waals surface area contributed by atoms with E-state index in [1.807, 2.05) is 24.3 Å². The summed E-state index contributed by atoms with van der Waals surface area (Å²) >= 11 is 0. The molecule has 0 atom stereocenters. The van der Waals surface area contributed by atoms with Gasteiger partial charge < -0.3 is 9.73 Å². The molecule has 1 N–H and O–H groups in total. The Hall–Kier alpha value is -2.10. The largest absolute Gasteiger partial charge is 0.441 e. The molecule has 4 nitrogen and oxygen atoms in total. The summed E-state index contributed by atoms with van der Waals surface area (Å²) in [5, 5.41) is 2.67. The predicted octanol–water partition coefficient (Wildman–Crippen LogP) is 1.67. The van der Waals surface area contributed by atoms with Gasteiger partial charge in [-0.05, 0) is 18.2 Å². The molecule has 0 fully saturated rings. The average molecular weight is 216 g/mol. The van der Waals surface area contributed by atoms with Crippen LogP contribution in [-0.4, -0.2) is 17.4 Å². The predicted molar refractivity (Wildman–Crippen MR) is 60.9 cm³/mol. The fraction of sp³-hybridized carbons (Fsp3) is 0.167. The van der Waals surface area contributed by atoms with Gasteiger partial charge in [0.2, 0.25) is 5.91 Å². The summed E-state index contributed by atoms with van der Waals surface area (Å²) in [5.41, 5.74) is 1.61. The Kier molecular flexibility index (Phi) is 3.00. The highest BCUT2D eigenvalue weighted by atomic mass is 16.3. The minimum Gasteiger partial charge on any atom is -0.441 e. The van der Waals surface area contributed by atoms with Crippen molar-refractivity contribution in [2.24, 2.45) is 0 Å². The van der Waals surface area contributed by atoms with Crippen LogP contribution >= 0.6 is 0 Å². The van der Waals surface area contributed by atoms with Crippen LogP contribution in [0.15, 0.2) is 41.3 Å². The lowest BCUT2D eigenvalue weighted by Crippen LogP contribution is -2.23. The van der Waals surface area contributed by atoms with Crippen LogP contribution in [-0.2, 0) is 11.2 Å². The zero-order chi connectivity index (χ0) is 11.4. The summed E-state index contributed by atoms with van der Waals surface area (Å²) in [6.07, 6.45) is 1.82. The Bertz CT molecular complexity index is 483. The van der Waals surface area contributed by atoms with Crippen molar-refractivity contribution in [2.75, 3.05) is 6.54 Å². The lowest BCUT2D eigenvalue weighted by molar-refractivity contribution is -0.116. The SMILES string of the molecule is C=CC(=O)NCCc1nc2ccccc2o1. The number of carbonyl (C=O) groups excluding carboxylic acids is 1. The molecular formula is C12H12N2O2. The molecule has 1 amide bonds. The van der Waals surface area contributed by atoms with Crippen LogP contribution in [0, 0.1) is 0 Å². The van der Waals surface area contributed by atoms with Gasteiger partial charge in [-0.1, -0.05) is 18.7 Å². The number of para-hydroxylation sites is 2. The number of fused-ring (bicyclic) bond motifs is 1. The van der Waals surface area contributed by atoms with Gasteiger partial charge in [0.05, 0.1) is 0 Å². The second-order valence-electron chi connectivity index (χ2n) is 3.32. The van der Waals surface area contributed by atoms with Gasteiger partial charge in [-0.15, -0.1) is 0 Å². The maximum absolute atomic E-state index is 10.9. The fourth-order valence-corrected chi connectivity index (χ4v) is 1.39. The van der Waals surface area contributed by atoms with E-state index in [1.165, 1.54) is 6.08 Å². The van der Waals surface area contributed by atoms with Gasteiger partial charge in [0, 0.05) is 13.0 Å². The van der Waals surface area contributed by atoms with E-state index >= 15 is 0 Å². The second kappa shape index (κ2) is 4.61. The van der Waals surface area contributed by atoms with Crippen molar-refractivity contribution < 1.29 is 9.21 Å². The molecule has 1 heterocycles. The molecule has 0 aliphatic rings. The third-order valence-corrected chi connectivity index (χ3v) is 2.16. The van der Waals surface area contributed by atoms with E-state index < -0.39 is 0 Å². The zero-order valence-corrected chi connectivity index (χ0v) is 8.77. The van der Waals surface area contributed by atoms with E-state index in [0.717, 1.165) is 11.1 Å². The van der Waals surface area contributed by atoms with Gasteiger partial charge in [0.25, 0.3) is 0 Å². The van der Waals surface area contributed by atoms with Crippen LogP contribution in [0.5, 0.6) is 0 Å². The summed E-state index contributed by atoms with van der Waals surface area (Å²) in [5.74, 6) is 0.446. The van der Waals surface area contributed by atoms with Crippen LogP contribution in [0.1, 0.15) is 5.89 Å². The van der Waals surface area contributed by atoms with Gasteiger partial charge in [-0.25, -0.2) is 4.98 Å². The number of rotatable bonds is 4. The third kappa shape index (κ3) is 2.28. The number of benzene rings is 1. The highest BCUT2D eigenvalue weighted by Crippen LogP contribution is 2.14. The van der Waals surface area contributed by atoms with Crippen LogP contribution < -0.4 is 5.32 Å². The van der Waals surface area contributed by atoms with E-state index in [4.69, 9.17) is 4.42 Å². The van der Waals surface area contributed by atoms with Gasteiger partial charge >= 0.3 is 0 Å². The first-order chi connectivity index (χ1) is 7.79. The Morgan fingerprint density at radius 1 is 1.50 bits per heavy atom. The van der Waals surface area contributed by atoms with Crippen molar-refractivity contribution in [1.82, 2.24) is 10.3 Å². The van der Waals surface area contributed by atoms with Crippen LogP contribution in [0.2, 0.25) is 0 Å². The molecule has 0 radical (unpaired) electrons. The number of carbonyl (C=O) groups is 1. The Morgan fingerprint density at radius 3 is 3.06 bits per heavy atom. The van der Waals surface area contributed by atoms with Gasteiger partial charge in [-0.3, -0.25) is 4.79 Å². The van der Waals surface area contributed by atoms with Crippen LogP contribution in [0.25, 0.3) is 11.1 Å². The molecule has 16 heavy (non-hydrogen) atoms. The molecule has 1 aromatic heterocycles. The molecule has 0 aliphatic heterocycles. The first kappa shape index (κ1) is 10.4. The maximum Gasteiger partial charge on any atom is 0.243 e. The first-order valence-corrected chi connectivity index (χ1v) is 5.04. The number of oxazole rings is 1. The Balaban J connectivity index is 1.99. The van der Waals surface area contributed by atoms with E-state index in [2.05, 4.69) is 16.9 Å². The van der Waals surface area contributed by atoms with E-state index in [-0.39, 0.29) is 5.91 Å². The number of aromatic nitrogens is 1. The van der Waals surface area contributed by atoms with E-state index in [1.54, 1.807) is 0 Å². The molecule has 0 spiro atoms. The number of hydrogen-bond donors (Lipinski definition) is 1. The first-order valence-electron chi connectivity index (χ1n) is 5.04. The summed E-state index contributed by atoms with van der Waals surface area (Å²) in [7, 11) is 0. The quantitative estimate of drug-likeness (QED) is 0.791. The molecule has 0 unspecified atom stereocenters. The number of amides is 1. The van der Waals surface area contributed by atoms with Crippen molar-refractivity contribution in [3.05, 3.63) is 42.8 Å². The van der Waals surface area contributed by atoms with Crippen molar-refractivity contribution in [2.45, 2.75) is 6.42 Å². The number of hydrogen-bond acceptors (Lipinski definition) is 3. The molecule has 82 valence electrons. The molecule has 2 rings (SSSR count). The summed E-state index contributed by atoms with van der Waals surface area (Å²) in [6.45, 7) is 3.87. The normalized spacial score (nSPS) is 10.2. The van der Waals surface area contributed by atoms with Crippen LogP contribution in [0.4, 0.5) is 0 Å².